The maximum atomic E-state index is 13.3. The zero-order valence-corrected chi connectivity index (χ0v) is 10.9. The fourth-order valence-electron chi connectivity index (χ4n) is 1.52. The van der Waals surface area contributed by atoms with E-state index in [0.29, 0.717) is 11.1 Å². The first kappa shape index (κ1) is 12.6. The number of aromatic carboxylic acids is 1. The Kier molecular flexibility index (Phi) is 3.38. The van der Waals surface area contributed by atoms with Gasteiger partial charge in [0.05, 0.1) is 4.47 Å². The molecule has 2 aromatic rings. The normalized spacial score (nSPS) is 10.4. The number of hydrogen-bond donors (Lipinski definition) is 1. The van der Waals surface area contributed by atoms with Crippen LogP contribution in [0.2, 0.25) is 0 Å². The van der Waals surface area contributed by atoms with Gasteiger partial charge in [-0.3, -0.25) is 0 Å². The van der Waals surface area contributed by atoms with Gasteiger partial charge in [0.2, 0.25) is 0 Å². The molecule has 1 aromatic heterocycles. The van der Waals surface area contributed by atoms with Crippen molar-refractivity contribution in [1.29, 1.82) is 0 Å². The van der Waals surface area contributed by atoms with Gasteiger partial charge in [0.25, 0.3) is 0 Å². The van der Waals surface area contributed by atoms with E-state index in [1.54, 1.807) is 13.0 Å². The number of nitrogens with zero attached hydrogens (tertiary/aromatic N) is 2. The molecule has 0 fully saturated rings. The van der Waals surface area contributed by atoms with Crippen molar-refractivity contribution in [3.8, 4) is 11.4 Å². The first-order valence-corrected chi connectivity index (χ1v) is 5.80. The summed E-state index contributed by atoms with van der Waals surface area (Å²) in [6.07, 6.45) is 1.34. The molecule has 0 aliphatic rings. The Hall–Kier alpha value is -1.82. The lowest BCUT2D eigenvalue weighted by atomic mass is 10.1. The van der Waals surface area contributed by atoms with E-state index in [1.807, 2.05) is 0 Å². The highest BCUT2D eigenvalue weighted by Crippen LogP contribution is 2.21. The maximum absolute atomic E-state index is 13.3. The topological polar surface area (TPSA) is 63.1 Å². The number of benzene rings is 1. The van der Waals surface area contributed by atoms with Gasteiger partial charge in [-0.1, -0.05) is 0 Å². The molecule has 0 amide bonds. The van der Waals surface area contributed by atoms with Gasteiger partial charge < -0.3 is 5.11 Å². The molecule has 0 spiro atoms. The van der Waals surface area contributed by atoms with Crippen LogP contribution in [0.3, 0.4) is 0 Å². The van der Waals surface area contributed by atoms with E-state index in [9.17, 15) is 9.18 Å². The first-order chi connectivity index (χ1) is 8.47. The molecule has 0 atom stereocenters. The molecule has 0 bridgehead atoms. The SMILES string of the molecule is Cc1cc(F)cc(-c2ncc(Br)c(C(=O)O)n2)c1. The highest BCUT2D eigenvalue weighted by atomic mass is 79.9. The van der Waals surface area contributed by atoms with E-state index >= 15 is 0 Å². The second kappa shape index (κ2) is 4.81. The zero-order chi connectivity index (χ0) is 13.3. The summed E-state index contributed by atoms with van der Waals surface area (Å²) < 4.78 is 13.6. The van der Waals surface area contributed by atoms with Gasteiger partial charge in [-0.25, -0.2) is 19.2 Å². The van der Waals surface area contributed by atoms with Crippen molar-refractivity contribution in [2.24, 2.45) is 0 Å². The summed E-state index contributed by atoms with van der Waals surface area (Å²) in [5.41, 5.74) is 1.01. The standard InChI is InChI=1S/C12H8BrFN2O2/c1-6-2-7(4-8(14)3-6)11-15-5-9(13)10(16-11)12(17)18/h2-5H,1H3,(H,17,18). The first-order valence-electron chi connectivity index (χ1n) is 5.01. The molecule has 0 radical (unpaired) electrons. The number of halogens is 2. The lowest BCUT2D eigenvalue weighted by molar-refractivity contribution is 0.0689. The molecule has 4 nitrogen and oxygen atoms in total. The Morgan fingerprint density at radius 3 is 2.72 bits per heavy atom. The van der Waals surface area contributed by atoms with Crippen molar-refractivity contribution >= 4 is 21.9 Å². The van der Waals surface area contributed by atoms with Crippen molar-refractivity contribution < 1.29 is 14.3 Å². The third-order valence-corrected chi connectivity index (χ3v) is 2.83. The van der Waals surface area contributed by atoms with Crippen LogP contribution in [-0.2, 0) is 0 Å². The molecular formula is C12H8BrFN2O2. The third-order valence-electron chi connectivity index (χ3n) is 2.25. The molecular weight excluding hydrogens is 303 g/mol. The number of carbonyl (C=O) groups is 1. The quantitative estimate of drug-likeness (QED) is 0.926. The van der Waals surface area contributed by atoms with E-state index in [0.717, 1.165) is 0 Å². The molecule has 92 valence electrons. The van der Waals surface area contributed by atoms with Gasteiger partial charge in [-0.2, -0.15) is 0 Å². The maximum Gasteiger partial charge on any atom is 0.355 e. The molecule has 0 saturated heterocycles. The average molecular weight is 311 g/mol. The van der Waals surface area contributed by atoms with Crippen molar-refractivity contribution in [2.45, 2.75) is 6.92 Å². The summed E-state index contributed by atoms with van der Waals surface area (Å²) in [4.78, 5) is 18.8. The molecule has 0 unspecified atom stereocenters. The van der Waals surface area contributed by atoms with Gasteiger partial charge in [-0.05, 0) is 46.6 Å². The van der Waals surface area contributed by atoms with Gasteiger partial charge in [-0.15, -0.1) is 0 Å². The minimum atomic E-state index is -1.17. The van der Waals surface area contributed by atoms with Crippen molar-refractivity contribution in [3.05, 3.63) is 45.9 Å². The van der Waals surface area contributed by atoms with E-state index < -0.39 is 11.8 Å². The van der Waals surface area contributed by atoms with Crippen LogP contribution in [-0.4, -0.2) is 21.0 Å². The predicted octanol–water partition coefficient (Wildman–Crippen LogP) is 3.05. The Morgan fingerprint density at radius 1 is 1.39 bits per heavy atom. The minimum absolute atomic E-state index is 0.151. The molecule has 0 saturated carbocycles. The van der Waals surface area contributed by atoms with Crippen LogP contribution in [0.5, 0.6) is 0 Å². The fourth-order valence-corrected chi connectivity index (χ4v) is 1.88. The number of hydrogen-bond acceptors (Lipinski definition) is 3. The van der Waals surface area contributed by atoms with Crippen LogP contribution in [0.15, 0.2) is 28.9 Å². The number of aromatic nitrogens is 2. The van der Waals surface area contributed by atoms with Gasteiger partial charge in [0.15, 0.2) is 11.5 Å². The third kappa shape index (κ3) is 2.53. The minimum Gasteiger partial charge on any atom is -0.476 e. The van der Waals surface area contributed by atoms with Gasteiger partial charge in [0.1, 0.15) is 5.82 Å². The Labute approximate surface area is 111 Å². The summed E-state index contributed by atoms with van der Waals surface area (Å²) in [7, 11) is 0. The number of rotatable bonds is 2. The van der Waals surface area contributed by atoms with E-state index in [2.05, 4.69) is 25.9 Å². The molecule has 0 aliphatic heterocycles. The lowest BCUT2D eigenvalue weighted by Gasteiger charge is -2.04. The van der Waals surface area contributed by atoms with Crippen molar-refractivity contribution in [1.82, 2.24) is 9.97 Å². The van der Waals surface area contributed by atoms with E-state index in [-0.39, 0.29) is 16.0 Å². The van der Waals surface area contributed by atoms with E-state index in [4.69, 9.17) is 5.11 Å². The Morgan fingerprint density at radius 2 is 2.11 bits per heavy atom. The monoisotopic (exact) mass is 310 g/mol. The van der Waals surface area contributed by atoms with Crippen LogP contribution < -0.4 is 0 Å². The summed E-state index contributed by atoms with van der Waals surface area (Å²) >= 11 is 3.05. The number of carboxylic acids is 1. The second-order valence-electron chi connectivity index (χ2n) is 3.71. The van der Waals surface area contributed by atoms with Gasteiger partial charge in [0, 0.05) is 11.8 Å². The van der Waals surface area contributed by atoms with Crippen LogP contribution in [0.4, 0.5) is 4.39 Å². The zero-order valence-electron chi connectivity index (χ0n) is 9.32. The van der Waals surface area contributed by atoms with Crippen LogP contribution in [0, 0.1) is 12.7 Å². The molecule has 1 heterocycles. The lowest BCUT2D eigenvalue weighted by Crippen LogP contribution is -2.04. The number of carboxylic acid groups (broad SMARTS) is 1. The molecule has 6 heteroatoms. The smallest absolute Gasteiger partial charge is 0.355 e. The Balaban J connectivity index is 2.57. The van der Waals surface area contributed by atoms with Crippen LogP contribution >= 0.6 is 15.9 Å². The number of aryl methyl sites for hydroxylation is 1. The van der Waals surface area contributed by atoms with Crippen LogP contribution in [0.1, 0.15) is 16.1 Å². The Bertz CT molecular complexity index is 611. The highest BCUT2D eigenvalue weighted by Gasteiger charge is 2.13. The molecule has 2 rings (SSSR count). The summed E-state index contributed by atoms with van der Waals surface area (Å²) in [5, 5.41) is 8.95. The molecule has 1 N–H and O–H groups in total. The summed E-state index contributed by atoms with van der Waals surface area (Å²) in [5.74, 6) is -1.40. The molecule has 18 heavy (non-hydrogen) atoms. The average Bonchev–Trinajstić information content (AvgIpc) is 2.27. The van der Waals surface area contributed by atoms with E-state index in [1.165, 1.54) is 18.3 Å². The summed E-state index contributed by atoms with van der Waals surface area (Å²) in [6.45, 7) is 1.74. The van der Waals surface area contributed by atoms with Gasteiger partial charge >= 0.3 is 5.97 Å². The fraction of sp³-hybridized carbons (Fsp3) is 0.0833. The van der Waals surface area contributed by atoms with Crippen molar-refractivity contribution in [2.75, 3.05) is 0 Å². The highest BCUT2D eigenvalue weighted by molar-refractivity contribution is 9.10. The van der Waals surface area contributed by atoms with Crippen molar-refractivity contribution in [3.63, 3.8) is 0 Å². The summed E-state index contributed by atoms with van der Waals surface area (Å²) in [6, 6.07) is 4.33. The molecule has 0 aliphatic carbocycles. The second-order valence-corrected chi connectivity index (χ2v) is 4.57. The van der Waals surface area contributed by atoms with Crippen LogP contribution in [0.25, 0.3) is 11.4 Å². The predicted molar refractivity (Wildman–Crippen MR) is 66.8 cm³/mol. The largest absolute Gasteiger partial charge is 0.476 e. The molecule has 1 aromatic carbocycles.